The number of likely N-dealkylation sites (tertiary alicyclic amines) is 1. The number of alkyl halides is 6. The van der Waals surface area contributed by atoms with Gasteiger partial charge in [0.05, 0.1) is 23.3 Å². The highest BCUT2D eigenvalue weighted by molar-refractivity contribution is 5.79. The average Bonchev–Trinajstić information content (AvgIpc) is 2.95. The van der Waals surface area contributed by atoms with Crippen LogP contribution >= 0.6 is 0 Å². The van der Waals surface area contributed by atoms with Crippen LogP contribution in [0.25, 0.3) is 0 Å². The highest BCUT2D eigenvalue weighted by Crippen LogP contribution is 2.40. The van der Waals surface area contributed by atoms with Gasteiger partial charge in [-0.05, 0) is 89.1 Å². The van der Waals surface area contributed by atoms with Crippen LogP contribution in [0, 0.1) is 5.92 Å². The van der Waals surface area contributed by atoms with E-state index in [1.54, 1.807) is 25.7 Å². The van der Waals surface area contributed by atoms with Crippen molar-refractivity contribution in [3.05, 3.63) is 70.8 Å². The number of benzene rings is 2. The van der Waals surface area contributed by atoms with Crippen molar-refractivity contribution in [3.63, 3.8) is 0 Å². The summed E-state index contributed by atoms with van der Waals surface area (Å²) in [6.45, 7) is 7.44. The molecule has 1 aliphatic carbocycles. The number of ether oxygens (including phenoxy) is 2. The van der Waals surface area contributed by atoms with Crippen LogP contribution in [0.3, 0.4) is 0 Å². The minimum atomic E-state index is -4.96. The van der Waals surface area contributed by atoms with Crippen molar-refractivity contribution in [1.82, 2.24) is 10.2 Å². The Labute approximate surface area is 259 Å². The summed E-state index contributed by atoms with van der Waals surface area (Å²) in [7, 11) is 0. The monoisotopic (exact) mass is 642 g/mol. The van der Waals surface area contributed by atoms with Gasteiger partial charge in [0.1, 0.15) is 5.60 Å². The van der Waals surface area contributed by atoms with Crippen molar-refractivity contribution in [2.75, 3.05) is 13.1 Å². The molecule has 0 bridgehead atoms. The Balaban J connectivity index is 1.45. The lowest BCUT2D eigenvalue weighted by Crippen LogP contribution is -2.49. The molecule has 45 heavy (non-hydrogen) atoms. The van der Waals surface area contributed by atoms with E-state index in [-0.39, 0.29) is 35.4 Å². The smallest absolute Gasteiger partial charge is 0.416 e. The van der Waals surface area contributed by atoms with Crippen LogP contribution in [-0.2, 0) is 26.6 Å². The summed E-state index contributed by atoms with van der Waals surface area (Å²) in [5.74, 6) is -0.573. The first-order valence-corrected chi connectivity index (χ1v) is 15.2. The van der Waals surface area contributed by atoms with E-state index < -0.39 is 47.4 Å². The number of amides is 2. The van der Waals surface area contributed by atoms with Crippen LogP contribution in [0.2, 0.25) is 0 Å². The first-order valence-electron chi connectivity index (χ1n) is 15.2. The van der Waals surface area contributed by atoms with Crippen LogP contribution in [0.4, 0.5) is 31.1 Å². The normalized spacial score (nSPS) is 23.7. The van der Waals surface area contributed by atoms with Gasteiger partial charge in [0.25, 0.3) is 0 Å². The minimum absolute atomic E-state index is 0.00848. The molecule has 1 N–H and O–H groups in total. The number of hydrogen-bond donors (Lipinski definition) is 1. The van der Waals surface area contributed by atoms with Gasteiger partial charge in [-0.25, -0.2) is 4.79 Å². The molecule has 3 atom stereocenters. The highest BCUT2D eigenvalue weighted by atomic mass is 19.4. The second kappa shape index (κ2) is 13.6. The zero-order valence-electron chi connectivity index (χ0n) is 25.8. The molecule has 0 unspecified atom stereocenters. The zero-order valence-corrected chi connectivity index (χ0v) is 25.8. The maximum absolute atomic E-state index is 13.6. The summed E-state index contributed by atoms with van der Waals surface area (Å²) < 4.78 is 92.4. The topological polar surface area (TPSA) is 67.9 Å². The summed E-state index contributed by atoms with van der Waals surface area (Å²) >= 11 is 0. The SMILES string of the molecule is C[C@@H](O[C@H]1CCN(C(=O)C2CCC(NC(=O)OC(C)(C)C)CC2)C[C@H]1c1ccccc1)c1cc(C(F)(F)F)cc(C(F)(F)F)c1. The Morgan fingerprint density at radius 3 is 1.98 bits per heavy atom. The fourth-order valence-corrected chi connectivity index (χ4v) is 6.09. The molecule has 1 saturated carbocycles. The lowest BCUT2D eigenvalue weighted by molar-refractivity contribution is -0.143. The summed E-state index contributed by atoms with van der Waals surface area (Å²) in [5.41, 5.74) is -2.76. The summed E-state index contributed by atoms with van der Waals surface area (Å²) in [6.07, 6.45) is -9.21. The molecule has 1 aliphatic heterocycles. The molecule has 1 saturated heterocycles. The van der Waals surface area contributed by atoms with E-state index in [0.29, 0.717) is 57.3 Å². The van der Waals surface area contributed by atoms with E-state index in [0.717, 1.165) is 5.56 Å². The molecule has 2 aromatic carbocycles. The van der Waals surface area contributed by atoms with Crippen LogP contribution in [-0.4, -0.2) is 47.7 Å². The maximum atomic E-state index is 13.6. The largest absolute Gasteiger partial charge is 0.444 e. The van der Waals surface area contributed by atoms with E-state index in [4.69, 9.17) is 9.47 Å². The van der Waals surface area contributed by atoms with E-state index in [9.17, 15) is 35.9 Å². The van der Waals surface area contributed by atoms with Crippen LogP contribution in [0.5, 0.6) is 0 Å². The van der Waals surface area contributed by atoms with Crippen molar-refractivity contribution < 1.29 is 45.4 Å². The fraction of sp³-hybridized carbons (Fsp3) is 0.576. The third kappa shape index (κ3) is 9.37. The first kappa shape index (κ1) is 34.6. The molecular formula is C33H40F6N2O4. The Morgan fingerprint density at radius 1 is 0.867 bits per heavy atom. The summed E-state index contributed by atoms with van der Waals surface area (Å²) in [6, 6.07) is 10.7. The van der Waals surface area contributed by atoms with E-state index in [1.807, 2.05) is 30.3 Å². The van der Waals surface area contributed by atoms with Crippen molar-refractivity contribution in [2.24, 2.45) is 5.92 Å². The van der Waals surface area contributed by atoms with E-state index in [1.165, 1.54) is 6.92 Å². The number of nitrogens with one attached hydrogen (secondary N) is 1. The molecule has 2 aromatic rings. The number of carbonyl (C=O) groups excluding carboxylic acids is 2. The molecule has 248 valence electrons. The van der Waals surface area contributed by atoms with Crippen molar-refractivity contribution in [2.45, 2.75) is 102 Å². The van der Waals surface area contributed by atoms with Gasteiger partial charge in [0.15, 0.2) is 0 Å². The zero-order chi connectivity index (χ0) is 33.2. The van der Waals surface area contributed by atoms with Crippen LogP contribution in [0.1, 0.15) is 94.1 Å². The molecule has 4 rings (SSSR count). The number of rotatable bonds is 6. The number of halogens is 6. The predicted molar refractivity (Wildman–Crippen MR) is 155 cm³/mol. The Bertz CT molecular complexity index is 1280. The maximum Gasteiger partial charge on any atom is 0.416 e. The number of hydrogen-bond acceptors (Lipinski definition) is 4. The third-order valence-corrected chi connectivity index (χ3v) is 8.34. The quantitative estimate of drug-likeness (QED) is 0.322. The van der Waals surface area contributed by atoms with Gasteiger partial charge in [-0.3, -0.25) is 4.79 Å². The van der Waals surface area contributed by atoms with Crippen molar-refractivity contribution in [1.29, 1.82) is 0 Å². The highest BCUT2D eigenvalue weighted by Gasteiger charge is 2.40. The fourth-order valence-electron chi connectivity index (χ4n) is 6.09. The summed E-state index contributed by atoms with van der Waals surface area (Å²) in [5, 5.41) is 2.88. The first-order chi connectivity index (χ1) is 20.9. The average molecular weight is 643 g/mol. The molecule has 0 spiro atoms. The second-order valence-electron chi connectivity index (χ2n) is 12.9. The third-order valence-electron chi connectivity index (χ3n) is 8.34. The Morgan fingerprint density at radius 2 is 1.44 bits per heavy atom. The van der Waals surface area contributed by atoms with Gasteiger partial charge in [-0.15, -0.1) is 0 Å². The standard InChI is InChI=1S/C33H40F6N2O4/c1-20(23-16-24(32(34,35)36)18-25(17-23)33(37,38)39)44-28-14-15-41(19-27(28)21-8-6-5-7-9-21)29(42)22-10-12-26(13-11-22)40-30(43)45-31(2,3)4/h5-9,16-18,20,22,26-28H,10-15,19H2,1-4H3,(H,40,43)/t20-,22?,26?,27+,28+/m1/s1. The van der Waals surface area contributed by atoms with Gasteiger partial charge < -0.3 is 19.7 Å². The summed E-state index contributed by atoms with van der Waals surface area (Å²) in [4.78, 5) is 27.6. The molecular weight excluding hydrogens is 602 g/mol. The lowest BCUT2D eigenvalue weighted by Gasteiger charge is -2.42. The molecule has 0 aromatic heterocycles. The van der Waals surface area contributed by atoms with Gasteiger partial charge in [0, 0.05) is 31.0 Å². The van der Waals surface area contributed by atoms with Crippen molar-refractivity contribution >= 4 is 12.0 Å². The molecule has 2 fully saturated rings. The lowest BCUT2D eigenvalue weighted by atomic mass is 9.83. The van der Waals surface area contributed by atoms with E-state index >= 15 is 0 Å². The Hall–Kier alpha value is -3.28. The van der Waals surface area contributed by atoms with Gasteiger partial charge >= 0.3 is 18.4 Å². The number of carbonyl (C=O) groups is 2. The van der Waals surface area contributed by atoms with E-state index in [2.05, 4.69) is 5.32 Å². The van der Waals surface area contributed by atoms with Crippen LogP contribution < -0.4 is 5.32 Å². The number of alkyl carbamates (subject to hydrolysis) is 1. The van der Waals surface area contributed by atoms with Crippen molar-refractivity contribution in [3.8, 4) is 0 Å². The number of piperidine rings is 1. The van der Waals surface area contributed by atoms with Gasteiger partial charge in [0.2, 0.25) is 5.91 Å². The van der Waals surface area contributed by atoms with Gasteiger partial charge in [-0.1, -0.05) is 30.3 Å². The molecule has 6 nitrogen and oxygen atoms in total. The molecule has 2 amide bonds. The molecule has 2 aliphatic rings. The molecule has 12 heteroatoms. The van der Waals surface area contributed by atoms with Gasteiger partial charge in [-0.2, -0.15) is 26.3 Å². The Kier molecular flexibility index (Phi) is 10.5. The molecule has 1 heterocycles. The second-order valence-corrected chi connectivity index (χ2v) is 12.9. The van der Waals surface area contributed by atoms with Crippen LogP contribution in [0.15, 0.2) is 48.5 Å². The minimum Gasteiger partial charge on any atom is -0.444 e. The molecule has 0 radical (unpaired) electrons. The number of nitrogens with zero attached hydrogens (tertiary/aromatic N) is 1. The predicted octanol–water partition coefficient (Wildman–Crippen LogP) is 8.27.